The first-order valence-corrected chi connectivity index (χ1v) is 6.64. The summed E-state index contributed by atoms with van der Waals surface area (Å²) in [6, 6.07) is 0. The molecule has 5 nitrogen and oxygen atoms in total. The van der Waals surface area contributed by atoms with Crippen molar-refractivity contribution in [2.45, 2.75) is 34.2 Å². The molecule has 0 spiro atoms. The second-order valence-corrected chi connectivity index (χ2v) is 4.76. The molecule has 0 saturated carbocycles. The molecule has 2 aromatic rings. The number of amides is 1. The monoisotopic (exact) mass is 264 g/mol. The van der Waals surface area contributed by atoms with Crippen LogP contribution in [-0.2, 0) is 6.54 Å². The molecule has 0 saturated heterocycles. The predicted molar refractivity (Wildman–Crippen MR) is 72.2 cm³/mol. The number of rotatable bonds is 3. The highest BCUT2D eigenvalue weighted by molar-refractivity contribution is 7.04. The molecule has 1 N–H and O–H groups in total. The Morgan fingerprint density at radius 2 is 2.11 bits per heavy atom. The van der Waals surface area contributed by atoms with E-state index in [4.69, 9.17) is 0 Å². The highest BCUT2D eigenvalue weighted by Gasteiger charge is 2.16. The van der Waals surface area contributed by atoms with Crippen molar-refractivity contribution in [1.29, 1.82) is 0 Å². The average Bonchev–Trinajstić information content (AvgIpc) is 2.87. The van der Waals surface area contributed by atoms with Crippen LogP contribution in [0, 0.1) is 20.8 Å². The molecule has 0 aliphatic rings. The van der Waals surface area contributed by atoms with Gasteiger partial charge in [-0.2, -0.15) is 9.47 Å². The summed E-state index contributed by atoms with van der Waals surface area (Å²) in [5.41, 5.74) is 4.00. The van der Waals surface area contributed by atoms with Gasteiger partial charge >= 0.3 is 0 Å². The number of hydrogen-bond acceptors (Lipinski definition) is 4. The summed E-state index contributed by atoms with van der Waals surface area (Å²) in [4.78, 5) is 12.1. The summed E-state index contributed by atoms with van der Waals surface area (Å²) in [5.74, 6) is -0.122. The standard InChI is InChI=1S/C12H16N4OS/c1-5-16-9(4)11(8(3)14-16)13-12(17)10-6-18-15-7(10)2/h6H,5H2,1-4H3,(H,13,17). The third-order valence-corrected chi connectivity index (χ3v) is 3.63. The zero-order valence-corrected chi connectivity index (χ0v) is 11.8. The van der Waals surface area contributed by atoms with E-state index in [0.29, 0.717) is 5.56 Å². The number of carbonyl (C=O) groups excluding carboxylic acids is 1. The average molecular weight is 264 g/mol. The Morgan fingerprint density at radius 1 is 1.39 bits per heavy atom. The van der Waals surface area contributed by atoms with E-state index in [1.807, 2.05) is 32.4 Å². The number of hydrogen-bond donors (Lipinski definition) is 1. The Labute approximate surface area is 110 Å². The Kier molecular flexibility index (Phi) is 3.47. The zero-order chi connectivity index (χ0) is 13.3. The minimum atomic E-state index is -0.122. The van der Waals surface area contributed by atoms with Crippen LogP contribution in [0.2, 0.25) is 0 Å². The van der Waals surface area contributed by atoms with Crippen LogP contribution >= 0.6 is 11.5 Å². The van der Waals surface area contributed by atoms with E-state index in [2.05, 4.69) is 14.8 Å². The fraction of sp³-hybridized carbons (Fsp3) is 0.417. The van der Waals surface area contributed by atoms with Gasteiger partial charge in [-0.05, 0) is 39.2 Å². The van der Waals surface area contributed by atoms with Gasteiger partial charge in [0.05, 0.1) is 28.3 Å². The van der Waals surface area contributed by atoms with E-state index in [0.717, 1.165) is 29.3 Å². The van der Waals surface area contributed by atoms with Gasteiger partial charge in [-0.15, -0.1) is 0 Å². The van der Waals surface area contributed by atoms with Gasteiger partial charge in [0.15, 0.2) is 0 Å². The molecule has 0 bridgehead atoms. The molecule has 2 aromatic heterocycles. The highest BCUT2D eigenvalue weighted by Crippen LogP contribution is 2.21. The maximum absolute atomic E-state index is 12.1. The van der Waals surface area contributed by atoms with Crippen molar-refractivity contribution in [3.05, 3.63) is 28.0 Å². The van der Waals surface area contributed by atoms with Crippen LogP contribution in [0.5, 0.6) is 0 Å². The molecule has 0 aliphatic carbocycles. The fourth-order valence-corrected chi connectivity index (χ4v) is 2.57. The lowest BCUT2D eigenvalue weighted by atomic mass is 10.2. The van der Waals surface area contributed by atoms with Gasteiger partial charge in [0.1, 0.15) is 0 Å². The molecule has 0 unspecified atom stereocenters. The second-order valence-electron chi connectivity index (χ2n) is 4.13. The third-order valence-electron chi connectivity index (χ3n) is 2.91. The summed E-state index contributed by atoms with van der Waals surface area (Å²) >= 11 is 1.29. The molecular weight excluding hydrogens is 248 g/mol. The lowest BCUT2D eigenvalue weighted by molar-refractivity contribution is 0.102. The van der Waals surface area contributed by atoms with Crippen LogP contribution < -0.4 is 5.32 Å². The normalized spacial score (nSPS) is 10.7. The molecule has 2 heterocycles. The van der Waals surface area contributed by atoms with Gasteiger partial charge in [-0.3, -0.25) is 9.48 Å². The topological polar surface area (TPSA) is 59.8 Å². The van der Waals surface area contributed by atoms with Crippen LogP contribution in [-0.4, -0.2) is 20.1 Å². The largest absolute Gasteiger partial charge is 0.319 e. The third kappa shape index (κ3) is 2.15. The maximum Gasteiger partial charge on any atom is 0.258 e. The summed E-state index contributed by atoms with van der Waals surface area (Å²) in [5, 5.41) is 9.06. The van der Waals surface area contributed by atoms with Crippen molar-refractivity contribution < 1.29 is 4.79 Å². The van der Waals surface area contributed by atoms with Crippen molar-refractivity contribution in [2.24, 2.45) is 0 Å². The van der Waals surface area contributed by atoms with Gasteiger partial charge in [0.25, 0.3) is 5.91 Å². The van der Waals surface area contributed by atoms with Crippen molar-refractivity contribution >= 4 is 23.1 Å². The van der Waals surface area contributed by atoms with E-state index >= 15 is 0 Å². The minimum Gasteiger partial charge on any atom is -0.319 e. The summed E-state index contributed by atoms with van der Waals surface area (Å²) in [6.45, 7) is 8.51. The Morgan fingerprint density at radius 3 is 2.61 bits per heavy atom. The molecule has 0 aliphatic heterocycles. The first-order valence-electron chi connectivity index (χ1n) is 5.81. The molecule has 0 radical (unpaired) electrons. The number of aromatic nitrogens is 3. The van der Waals surface area contributed by atoms with Gasteiger partial charge in [-0.1, -0.05) is 0 Å². The highest BCUT2D eigenvalue weighted by atomic mass is 32.1. The molecule has 2 rings (SSSR count). The SMILES string of the molecule is CCn1nc(C)c(NC(=O)c2csnc2C)c1C. The van der Waals surface area contributed by atoms with E-state index in [1.165, 1.54) is 11.5 Å². The maximum atomic E-state index is 12.1. The first-order chi connectivity index (χ1) is 8.54. The van der Waals surface area contributed by atoms with Gasteiger partial charge in [0.2, 0.25) is 0 Å². The molecule has 1 amide bonds. The van der Waals surface area contributed by atoms with Gasteiger partial charge in [0, 0.05) is 11.9 Å². The van der Waals surface area contributed by atoms with Gasteiger partial charge in [-0.25, -0.2) is 0 Å². The van der Waals surface area contributed by atoms with Crippen molar-refractivity contribution in [1.82, 2.24) is 14.2 Å². The quantitative estimate of drug-likeness (QED) is 0.926. The van der Waals surface area contributed by atoms with Crippen LogP contribution in [0.4, 0.5) is 5.69 Å². The molecular formula is C12H16N4OS. The Bertz CT molecular complexity index is 585. The summed E-state index contributed by atoms with van der Waals surface area (Å²) < 4.78 is 5.98. The number of anilines is 1. The van der Waals surface area contributed by atoms with Crippen LogP contribution in [0.25, 0.3) is 0 Å². The molecule has 6 heteroatoms. The van der Waals surface area contributed by atoms with E-state index < -0.39 is 0 Å². The molecule has 0 fully saturated rings. The lowest BCUT2D eigenvalue weighted by Crippen LogP contribution is -2.13. The van der Waals surface area contributed by atoms with Crippen molar-refractivity contribution in [3.8, 4) is 0 Å². The molecule has 18 heavy (non-hydrogen) atoms. The zero-order valence-electron chi connectivity index (χ0n) is 10.9. The van der Waals surface area contributed by atoms with Crippen molar-refractivity contribution in [2.75, 3.05) is 5.32 Å². The van der Waals surface area contributed by atoms with Crippen LogP contribution in [0.1, 0.15) is 34.4 Å². The van der Waals surface area contributed by atoms with E-state index in [9.17, 15) is 4.79 Å². The number of carbonyl (C=O) groups is 1. The number of aryl methyl sites for hydroxylation is 3. The second kappa shape index (κ2) is 4.89. The fourth-order valence-electron chi connectivity index (χ4n) is 1.88. The Hall–Kier alpha value is -1.69. The van der Waals surface area contributed by atoms with Crippen molar-refractivity contribution in [3.63, 3.8) is 0 Å². The number of nitrogens with zero attached hydrogens (tertiary/aromatic N) is 3. The molecule has 0 atom stereocenters. The van der Waals surface area contributed by atoms with Crippen LogP contribution in [0.15, 0.2) is 5.38 Å². The number of nitrogens with one attached hydrogen (secondary N) is 1. The lowest BCUT2D eigenvalue weighted by Gasteiger charge is -2.05. The van der Waals surface area contributed by atoms with Crippen LogP contribution in [0.3, 0.4) is 0 Å². The smallest absolute Gasteiger partial charge is 0.258 e. The predicted octanol–water partition coefficient (Wildman–Crippen LogP) is 2.54. The van der Waals surface area contributed by atoms with E-state index in [-0.39, 0.29) is 5.91 Å². The first kappa shape index (κ1) is 12.8. The summed E-state index contributed by atoms with van der Waals surface area (Å²) in [7, 11) is 0. The summed E-state index contributed by atoms with van der Waals surface area (Å²) in [6.07, 6.45) is 0. The van der Waals surface area contributed by atoms with Gasteiger partial charge < -0.3 is 5.32 Å². The van der Waals surface area contributed by atoms with E-state index in [1.54, 1.807) is 5.38 Å². The minimum absolute atomic E-state index is 0.122. The molecule has 96 valence electrons. The Balaban J connectivity index is 2.27. The molecule has 0 aromatic carbocycles.